The largest absolute Gasteiger partial charge is 0.0654 e. The fourth-order valence-corrected chi connectivity index (χ4v) is 3.19. The summed E-state index contributed by atoms with van der Waals surface area (Å²) in [5.74, 6) is 1.05. The van der Waals surface area contributed by atoms with Gasteiger partial charge >= 0.3 is 0 Å². The molecular formula is C20H42. The number of hydrogen-bond acceptors (Lipinski definition) is 0. The number of rotatable bonds is 16. The molecule has 0 heteroatoms. The highest BCUT2D eigenvalue weighted by atomic mass is 14.1. The van der Waals surface area contributed by atoms with Crippen LogP contribution in [0.25, 0.3) is 0 Å². The van der Waals surface area contributed by atoms with Gasteiger partial charge in [-0.25, -0.2) is 0 Å². The lowest BCUT2D eigenvalue weighted by Gasteiger charge is -2.16. The van der Waals surface area contributed by atoms with Crippen molar-refractivity contribution in [1.82, 2.24) is 0 Å². The van der Waals surface area contributed by atoms with Crippen LogP contribution in [0.1, 0.15) is 124 Å². The first-order valence-corrected chi connectivity index (χ1v) is 9.85. The predicted octanol–water partition coefficient (Wildman–Crippen LogP) is 7.90. The Morgan fingerprint density at radius 2 is 0.700 bits per heavy atom. The van der Waals surface area contributed by atoms with Crippen molar-refractivity contribution in [1.29, 1.82) is 0 Å². The molecule has 0 spiro atoms. The molecule has 0 N–H and O–H groups in total. The zero-order chi connectivity index (χ0) is 14.9. The smallest absolute Gasteiger partial charge is 0.0414 e. The van der Waals surface area contributed by atoms with Gasteiger partial charge in [0.2, 0.25) is 0 Å². The van der Waals surface area contributed by atoms with Crippen LogP contribution in [-0.4, -0.2) is 0 Å². The highest BCUT2D eigenvalue weighted by Crippen LogP contribution is 2.24. The fourth-order valence-electron chi connectivity index (χ4n) is 3.19. The van der Waals surface area contributed by atoms with Crippen molar-refractivity contribution in [2.24, 2.45) is 5.92 Å². The minimum absolute atomic E-state index is 1.05. The van der Waals surface area contributed by atoms with Gasteiger partial charge in [-0.15, -0.1) is 0 Å². The molecule has 0 aromatic rings. The van der Waals surface area contributed by atoms with Gasteiger partial charge in [-0.3, -0.25) is 0 Å². The third-order valence-corrected chi connectivity index (χ3v) is 4.65. The Hall–Kier alpha value is 0. The zero-order valence-corrected chi connectivity index (χ0v) is 14.9. The average Bonchev–Trinajstić information content (AvgIpc) is 2.46. The van der Waals surface area contributed by atoms with E-state index in [2.05, 4.69) is 20.8 Å². The van der Waals surface area contributed by atoms with Crippen molar-refractivity contribution in [2.45, 2.75) is 124 Å². The molecule has 0 aliphatic heterocycles. The molecule has 1 atom stereocenters. The summed E-state index contributed by atoms with van der Waals surface area (Å²) < 4.78 is 0. The topological polar surface area (TPSA) is 0 Å². The molecular weight excluding hydrogens is 240 g/mol. The van der Waals surface area contributed by atoms with E-state index in [9.17, 15) is 0 Å². The van der Waals surface area contributed by atoms with Crippen LogP contribution < -0.4 is 0 Å². The van der Waals surface area contributed by atoms with Gasteiger partial charge in [0.25, 0.3) is 0 Å². The third kappa shape index (κ3) is 14.4. The summed E-state index contributed by atoms with van der Waals surface area (Å²) in [5.41, 5.74) is 0. The van der Waals surface area contributed by atoms with Crippen molar-refractivity contribution < 1.29 is 0 Å². The van der Waals surface area contributed by atoms with Crippen LogP contribution in [0.4, 0.5) is 0 Å². The van der Waals surface area contributed by atoms with Crippen LogP contribution in [0, 0.1) is 5.92 Å². The maximum Gasteiger partial charge on any atom is -0.0414 e. The summed E-state index contributed by atoms with van der Waals surface area (Å²) in [4.78, 5) is 0. The standard InChI is InChI=1S/C20H42/c1-4-7-10-12-13-16-19-20(17-14-9-6-3)18-15-11-8-5-2/h20H,4-19H2,1-3H3. The van der Waals surface area contributed by atoms with Crippen molar-refractivity contribution >= 4 is 0 Å². The van der Waals surface area contributed by atoms with Gasteiger partial charge in [-0.1, -0.05) is 124 Å². The Kier molecular flexibility index (Phi) is 17.1. The predicted molar refractivity (Wildman–Crippen MR) is 94.4 cm³/mol. The van der Waals surface area contributed by atoms with E-state index < -0.39 is 0 Å². The Morgan fingerprint density at radius 1 is 0.400 bits per heavy atom. The molecule has 0 rings (SSSR count). The highest BCUT2D eigenvalue weighted by molar-refractivity contribution is 4.61. The van der Waals surface area contributed by atoms with Crippen molar-refractivity contribution in [3.8, 4) is 0 Å². The summed E-state index contributed by atoms with van der Waals surface area (Å²) >= 11 is 0. The molecule has 0 saturated carbocycles. The van der Waals surface area contributed by atoms with E-state index in [0.29, 0.717) is 0 Å². The SMILES string of the molecule is CCCCCCCCC(CCCCC)CCCCCC. The molecule has 0 aromatic heterocycles. The van der Waals surface area contributed by atoms with Crippen LogP contribution >= 0.6 is 0 Å². The summed E-state index contributed by atoms with van der Waals surface area (Å²) in [6, 6.07) is 0. The Balaban J connectivity index is 3.62. The number of unbranched alkanes of at least 4 members (excludes halogenated alkanes) is 10. The van der Waals surface area contributed by atoms with E-state index in [1.165, 1.54) is 103 Å². The lowest BCUT2D eigenvalue weighted by Crippen LogP contribution is -2.01. The first kappa shape index (κ1) is 20.0. The maximum atomic E-state index is 2.32. The van der Waals surface area contributed by atoms with Gasteiger partial charge in [0, 0.05) is 0 Å². The first-order valence-electron chi connectivity index (χ1n) is 9.85. The Morgan fingerprint density at radius 3 is 1.20 bits per heavy atom. The van der Waals surface area contributed by atoms with Gasteiger partial charge in [-0.2, -0.15) is 0 Å². The van der Waals surface area contributed by atoms with Crippen LogP contribution in [0.5, 0.6) is 0 Å². The minimum atomic E-state index is 1.05. The van der Waals surface area contributed by atoms with Gasteiger partial charge in [0.1, 0.15) is 0 Å². The molecule has 0 fully saturated rings. The highest BCUT2D eigenvalue weighted by Gasteiger charge is 2.08. The van der Waals surface area contributed by atoms with E-state index in [1.807, 2.05) is 0 Å². The summed E-state index contributed by atoms with van der Waals surface area (Å²) in [6.07, 6.45) is 23.3. The second-order valence-corrected chi connectivity index (χ2v) is 6.77. The second-order valence-electron chi connectivity index (χ2n) is 6.77. The molecule has 0 radical (unpaired) electrons. The maximum absolute atomic E-state index is 2.32. The summed E-state index contributed by atoms with van der Waals surface area (Å²) in [6.45, 7) is 6.94. The molecule has 0 heterocycles. The van der Waals surface area contributed by atoms with Gasteiger partial charge in [0.15, 0.2) is 0 Å². The van der Waals surface area contributed by atoms with Crippen LogP contribution in [-0.2, 0) is 0 Å². The lowest BCUT2D eigenvalue weighted by molar-refractivity contribution is 0.369. The molecule has 0 amide bonds. The minimum Gasteiger partial charge on any atom is -0.0654 e. The van der Waals surface area contributed by atoms with Crippen LogP contribution in [0.2, 0.25) is 0 Å². The molecule has 0 aliphatic rings. The molecule has 0 aliphatic carbocycles. The van der Waals surface area contributed by atoms with Crippen LogP contribution in [0.3, 0.4) is 0 Å². The second kappa shape index (κ2) is 17.1. The van der Waals surface area contributed by atoms with E-state index in [0.717, 1.165) is 5.92 Å². The van der Waals surface area contributed by atoms with Gasteiger partial charge < -0.3 is 0 Å². The first-order chi connectivity index (χ1) is 9.85. The summed E-state index contributed by atoms with van der Waals surface area (Å²) in [5, 5.41) is 0. The lowest BCUT2D eigenvalue weighted by atomic mass is 9.90. The van der Waals surface area contributed by atoms with Gasteiger partial charge in [-0.05, 0) is 5.92 Å². The van der Waals surface area contributed by atoms with E-state index >= 15 is 0 Å². The van der Waals surface area contributed by atoms with Crippen molar-refractivity contribution in [3.05, 3.63) is 0 Å². The molecule has 1 unspecified atom stereocenters. The van der Waals surface area contributed by atoms with E-state index in [-0.39, 0.29) is 0 Å². The quantitative estimate of drug-likeness (QED) is 0.252. The normalized spacial score (nSPS) is 12.8. The number of hydrogen-bond donors (Lipinski definition) is 0. The molecule has 0 nitrogen and oxygen atoms in total. The molecule has 122 valence electrons. The monoisotopic (exact) mass is 282 g/mol. The Labute approximate surface area is 130 Å². The average molecular weight is 283 g/mol. The molecule has 0 saturated heterocycles. The fraction of sp³-hybridized carbons (Fsp3) is 1.00. The van der Waals surface area contributed by atoms with Gasteiger partial charge in [0.05, 0.1) is 0 Å². The molecule has 0 aromatic carbocycles. The van der Waals surface area contributed by atoms with E-state index in [1.54, 1.807) is 0 Å². The zero-order valence-electron chi connectivity index (χ0n) is 14.9. The Bertz CT molecular complexity index is 161. The van der Waals surface area contributed by atoms with Crippen molar-refractivity contribution in [2.75, 3.05) is 0 Å². The molecule has 0 bridgehead atoms. The summed E-state index contributed by atoms with van der Waals surface area (Å²) in [7, 11) is 0. The van der Waals surface area contributed by atoms with Crippen molar-refractivity contribution in [3.63, 3.8) is 0 Å². The van der Waals surface area contributed by atoms with Crippen LogP contribution in [0.15, 0.2) is 0 Å². The van der Waals surface area contributed by atoms with E-state index in [4.69, 9.17) is 0 Å². The molecule has 20 heavy (non-hydrogen) atoms. The third-order valence-electron chi connectivity index (χ3n) is 4.65.